The summed E-state index contributed by atoms with van der Waals surface area (Å²) in [6, 6.07) is 0.552. The van der Waals surface area contributed by atoms with Crippen molar-refractivity contribution in [2.75, 3.05) is 13.1 Å². The summed E-state index contributed by atoms with van der Waals surface area (Å²) >= 11 is 2.60. The lowest BCUT2D eigenvalue weighted by molar-refractivity contribution is -0.113. The molecule has 0 N–H and O–H groups in total. The Morgan fingerprint density at radius 2 is 1.48 bits per heavy atom. The average Bonchev–Trinajstić information content (AvgIpc) is 3.33. The van der Waals surface area contributed by atoms with Crippen LogP contribution in [0.15, 0.2) is 21.9 Å². The van der Waals surface area contributed by atoms with Crippen LogP contribution in [0.5, 0.6) is 0 Å². The van der Waals surface area contributed by atoms with Crippen molar-refractivity contribution >= 4 is 41.0 Å². The van der Waals surface area contributed by atoms with Crippen LogP contribution in [-0.2, 0) is 4.79 Å². The number of carbonyl (C=O) groups is 1. The van der Waals surface area contributed by atoms with Gasteiger partial charge in [-0.05, 0) is 48.1 Å². The molecule has 0 aromatic carbocycles. The topological polar surface area (TPSA) is 71.9 Å². The fourth-order valence-electron chi connectivity index (χ4n) is 3.60. The smallest absolute Gasteiger partial charge is 0.187 e. The lowest BCUT2D eigenvalue weighted by Crippen LogP contribution is -2.44. The van der Waals surface area contributed by atoms with E-state index < -0.39 is 0 Å². The van der Waals surface area contributed by atoms with Crippen molar-refractivity contribution in [3.63, 3.8) is 0 Å². The molecule has 4 rings (SSSR count). The third-order valence-electron chi connectivity index (χ3n) is 4.82. The molecule has 25 heavy (non-hydrogen) atoms. The van der Waals surface area contributed by atoms with Crippen LogP contribution in [0.3, 0.4) is 0 Å². The van der Waals surface area contributed by atoms with E-state index in [1.807, 2.05) is 22.9 Å². The first kappa shape index (κ1) is 16.7. The minimum atomic E-state index is 0.0908. The van der Waals surface area contributed by atoms with Crippen LogP contribution in [0, 0.1) is 0 Å². The van der Waals surface area contributed by atoms with Gasteiger partial charge < -0.3 is 0 Å². The number of Topliss-reactive ketones (excluding diaryl/α,β-unsaturated/α-hetero) is 1. The fraction of sp³-hybridized carbons (Fsp3) is 0.471. The summed E-state index contributed by atoms with van der Waals surface area (Å²) in [6.07, 6.45) is 10.1. The van der Waals surface area contributed by atoms with Gasteiger partial charge in [0.05, 0.1) is 11.4 Å². The van der Waals surface area contributed by atoms with E-state index in [1.165, 1.54) is 55.2 Å². The van der Waals surface area contributed by atoms with Gasteiger partial charge in [0.2, 0.25) is 0 Å². The maximum absolute atomic E-state index is 13.0. The van der Waals surface area contributed by atoms with Crippen molar-refractivity contribution < 1.29 is 4.79 Å². The van der Waals surface area contributed by atoms with Crippen molar-refractivity contribution in [3.8, 4) is 0 Å². The van der Waals surface area contributed by atoms with Crippen LogP contribution in [0.2, 0.25) is 0 Å². The number of carbonyl (C=O) groups excluding carboxylic acids is 1. The van der Waals surface area contributed by atoms with Gasteiger partial charge in [-0.15, -0.1) is 10.2 Å². The molecular weight excluding hydrogens is 354 g/mol. The predicted molar refractivity (Wildman–Crippen MR) is 99.2 cm³/mol. The minimum Gasteiger partial charge on any atom is -0.292 e. The Morgan fingerprint density at radius 1 is 0.920 bits per heavy atom. The third kappa shape index (κ3) is 3.91. The van der Waals surface area contributed by atoms with Crippen LogP contribution in [0.4, 0.5) is 0 Å². The molecule has 2 aromatic heterocycles. The molecule has 1 saturated carbocycles. The maximum Gasteiger partial charge on any atom is 0.187 e. The van der Waals surface area contributed by atoms with E-state index in [2.05, 4.69) is 24.1 Å². The molecule has 0 bridgehead atoms. The predicted octanol–water partition coefficient (Wildman–Crippen LogP) is 3.07. The Morgan fingerprint density at radius 3 is 1.96 bits per heavy atom. The first-order valence-electron chi connectivity index (χ1n) is 8.53. The van der Waals surface area contributed by atoms with E-state index in [-0.39, 0.29) is 5.78 Å². The van der Waals surface area contributed by atoms with Gasteiger partial charge >= 0.3 is 0 Å². The second-order valence-corrected chi connectivity index (χ2v) is 7.74. The second kappa shape index (κ2) is 7.63. The zero-order chi connectivity index (χ0) is 17.1. The van der Waals surface area contributed by atoms with E-state index in [0.29, 0.717) is 19.1 Å². The Bertz CT molecular complexity index is 720. The molecule has 0 atom stereocenters. The number of aromatic nitrogens is 4. The Hall–Kier alpha value is -1.77. The molecule has 1 aliphatic carbocycles. The quantitative estimate of drug-likeness (QED) is 0.770. The maximum atomic E-state index is 13.0. The van der Waals surface area contributed by atoms with Gasteiger partial charge in [0.25, 0.3) is 0 Å². The number of hydrogen-bond acceptors (Lipinski definition) is 8. The van der Waals surface area contributed by atoms with Gasteiger partial charge in [0, 0.05) is 41.0 Å². The highest BCUT2D eigenvalue weighted by atomic mass is 32.1. The van der Waals surface area contributed by atoms with Gasteiger partial charge in [-0.2, -0.15) is 0 Å². The molecule has 0 unspecified atom stereocenters. The van der Waals surface area contributed by atoms with Crippen LogP contribution < -0.4 is 0 Å². The Balaban J connectivity index is 1.65. The Labute approximate surface area is 154 Å². The zero-order valence-corrected chi connectivity index (χ0v) is 15.4. The lowest BCUT2D eigenvalue weighted by Gasteiger charge is -2.38. The van der Waals surface area contributed by atoms with E-state index in [1.54, 1.807) is 0 Å². The third-order valence-corrected chi connectivity index (χ3v) is 5.86. The first-order valence-corrected chi connectivity index (χ1v) is 10.2. The van der Waals surface area contributed by atoms with Gasteiger partial charge in [0.1, 0.15) is 0 Å². The summed E-state index contributed by atoms with van der Waals surface area (Å²) in [5.74, 6) is 0.0908. The molecular formula is C17H19N5OS2. The van der Waals surface area contributed by atoms with Gasteiger partial charge in [-0.3, -0.25) is 9.69 Å². The molecule has 0 spiro atoms. The summed E-state index contributed by atoms with van der Waals surface area (Å²) in [5, 5.41) is 11.9. The van der Waals surface area contributed by atoms with Gasteiger partial charge in [-0.1, -0.05) is 28.2 Å². The number of hydrogen-bond donors (Lipinski definition) is 0. The summed E-state index contributed by atoms with van der Waals surface area (Å²) < 4.78 is 7.78. The molecule has 1 aliphatic heterocycles. The second-order valence-electron chi connectivity index (χ2n) is 6.52. The summed E-state index contributed by atoms with van der Waals surface area (Å²) in [7, 11) is 0. The standard InChI is InChI=1S/C17H19N5OS2/c23-17-12(6-14-10-24-20-18-14)8-22(16-4-2-1-3-5-16)9-13(17)7-15-11-25-21-19-15/h6-7,10-11,16H,1-5,8-9H2/b12-6-,13-7+. The van der Waals surface area contributed by atoms with Crippen molar-refractivity contribution in [2.45, 2.75) is 38.1 Å². The Kier molecular flexibility index (Phi) is 5.09. The molecule has 1 saturated heterocycles. The number of likely N-dealkylation sites (tertiary alicyclic amines) is 1. The SMILES string of the molecule is O=C1/C(=C\c2csnn2)CN(C2CCCCC2)C/C1=C\c1csnn1. The van der Waals surface area contributed by atoms with Gasteiger partial charge in [-0.25, -0.2) is 0 Å². The van der Waals surface area contributed by atoms with Crippen LogP contribution in [0.1, 0.15) is 43.5 Å². The normalized spacial score (nSPS) is 23.6. The van der Waals surface area contributed by atoms with E-state index >= 15 is 0 Å². The molecule has 2 fully saturated rings. The number of ketones is 1. The summed E-state index contributed by atoms with van der Waals surface area (Å²) in [6.45, 7) is 1.38. The van der Waals surface area contributed by atoms with Crippen molar-refractivity contribution in [2.24, 2.45) is 0 Å². The van der Waals surface area contributed by atoms with Crippen molar-refractivity contribution in [1.82, 2.24) is 24.1 Å². The van der Waals surface area contributed by atoms with Crippen molar-refractivity contribution in [1.29, 1.82) is 0 Å². The first-order chi connectivity index (χ1) is 12.3. The van der Waals surface area contributed by atoms with Crippen molar-refractivity contribution in [3.05, 3.63) is 33.3 Å². The average molecular weight is 374 g/mol. The lowest BCUT2D eigenvalue weighted by atomic mass is 9.89. The molecule has 0 amide bonds. The molecule has 2 aromatic rings. The summed E-state index contributed by atoms with van der Waals surface area (Å²) in [4.78, 5) is 15.4. The molecule has 0 radical (unpaired) electrons. The molecule has 130 valence electrons. The monoisotopic (exact) mass is 373 g/mol. The van der Waals surface area contributed by atoms with E-state index in [4.69, 9.17) is 0 Å². The van der Waals surface area contributed by atoms with Crippen LogP contribution >= 0.6 is 23.1 Å². The largest absolute Gasteiger partial charge is 0.292 e. The number of nitrogens with zero attached hydrogens (tertiary/aromatic N) is 5. The zero-order valence-electron chi connectivity index (χ0n) is 13.8. The molecule has 3 heterocycles. The fourth-order valence-corrected chi connectivity index (χ4v) is 4.42. The van der Waals surface area contributed by atoms with E-state index in [0.717, 1.165) is 22.5 Å². The highest BCUT2D eigenvalue weighted by Crippen LogP contribution is 2.29. The van der Waals surface area contributed by atoms with Crippen LogP contribution in [0.25, 0.3) is 12.2 Å². The van der Waals surface area contributed by atoms with E-state index in [9.17, 15) is 4.79 Å². The molecule has 6 nitrogen and oxygen atoms in total. The number of piperidine rings is 1. The number of rotatable bonds is 3. The highest BCUT2D eigenvalue weighted by Gasteiger charge is 2.31. The molecule has 2 aliphatic rings. The highest BCUT2D eigenvalue weighted by molar-refractivity contribution is 7.03. The minimum absolute atomic E-state index is 0.0908. The van der Waals surface area contributed by atoms with Gasteiger partial charge in [0.15, 0.2) is 5.78 Å². The molecule has 8 heteroatoms. The van der Waals surface area contributed by atoms with Crippen LogP contribution in [-0.4, -0.2) is 49.0 Å². The summed E-state index contributed by atoms with van der Waals surface area (Å²) in [5.41, 5.74) is 3.10.